The molecule has 0 unspecified atom stereocenters. The molecular weight excluding hydrogens is 478 g/mol. The summed E-state index contributed by atoms with van der Waals surface area (Å²) in [6.07, 6.45) is 0.121. The third kappa shape index (κ3) is 4.18. The number of nitrogens with two attached hydrogens (primary N) is 1. The maximum Gasteiger partial charge on any atom is 0.255 e. The van der Waals surface area contributed by atoms with E-state index < -0.39 is 52.0 Å². The quantitative estimate of drug-likeness (QED) is 0.321. The van der Waals surface area contributed by atoms with Crippen LogP contribution in [0.15, 0.2) is 28.7 Å². The Kier molecular flexibility index (Phi) is 6.41. The van der Waals surface area contributed by atoms with Gasteiger partial charge in [0.15, 0.2) is 11.4 Å². The number of aliphatic hydroxyl groups excluding tert-OH is 2. The van der Waals surface area contributed by atoms with Crippen molar-refractivity contribution >= 4 is 23.2 Å². The lowest BCUT2D eigenvalue weighted by Crippen LogP contribution is -2.57. The first-order valence-corrected chi connectivity index (χ1v) is 12.3. The number of phenols is 1. The van der Waals surface area contributed by atoms with Gasteiger partial charge in [0, 0.05) is 56.3 Å². The highest BCUT2D eigenvalue weighted by Gasteiger charge is 2.59. The molecule has 1 aromatic rings. The molecule has 10 heteroatoms. The van der Waals surface area contributed by atoms with Crippen LogP contribution in [0.2, 0.25) is 0 Å². The number of phenolic OH excluding ortho intramolecular Hbond substituents is 1. The molecule has 7 N–H and O–H groups in total. The van der Waals surface area contributed by atoms with Crippen LogP contribution in [0.1, 0.15) is 55.1 Å². The van der Waals surface area contributed by atoms with Crippen molar-refractivity contribution in [2.24, 2.45) is 23.0 Å². The van der Waals surface area contributed by atoms with Crippen molar-refractivity contribution in [3.63, 3.8) is 0 Å². The number of hydrogen-bond acceptors (Lipinski definition) is 9. The summed E-state index contributed by atoms with van der Waals surface area (Å²) in [5, 5.41) is 47.4. The van der Waals surface area contributed by atoms with Crippen LogP contribution >= 0.6 is 0 Å². The summed E-state index contributed by atoms with van der Waals surface area (Å²) in [5.74, 6) is -6.25. The molecule has 0 fully saturated rings. The molecule has 1 aromatic carbocycles. The molecule has 0 saturated heterocycles. The van der Waals surface area contributed by atoms with Crippen molar-refractivity contribution in [1.29, 1.82) is 0 Å². The smallest absolute Gasteiger partial charge is 0.255 e. The lowest BCUT2D eigenvalue weighted by molar-refractivity contribution is -0.144. The Bertz CT molecular complexity index is 1270. The van der Waals surface area contributed by atoms with Gasteiger partial charge >= 0.3 is 0 Å². The normalized spacial score (nSPS) is 25.6. The van der Waals surface area contributed by atoms with E-state index in [1.807, 2.05) is 25.1 Å². The van der Waals surface area contributed by atoms with Crippen molar-refractivity contribution in [2.75, 3.05) is 25.5 Å². The predicted octanol–water partition coefficient (Wildman–Crippen LogP) is 1.78. The molecule has 3 aliphatic rings. The lowest BCUT2D eigenvalue weighted by atomic mass is 9.60. The zero-order chi connectivity index (χ0) is 27.6. The number of nitrogens with zero attached hydrogens (tertiary/aromatic N) is 1. The van der Waals surface area contributed by atoms with E-state index in [4.69, 9.17) is 5.73 Å². The summed E-state index contributed by atoms with van der Waals surface area (Å²) in [6.45, 7) is 7.19. The molecule has 0 aliphatic heterocycles. The molecule has 0 saturated carbocycles. The number of fused-ring (bicyclic) bond motifs is 3. The van der Waals surface area contributed by atoms with Crippen LogP contribution in [-0.2, 0) is 22.6 Å². The SMILES string of the molecule is CN(C)c1cc(CNCC(C)(C)C)c(O)c2c1C[C@H]1C[C@H]3CC(O)=C(C(N)=O)C(=O)[C@@]3(O)C(O)=C1C2=O. The van der Waals surface area contributed by atoms with Gasteiger partial charge in [-0.2, -0.15) is 0 Å². The number of carbonyl (C=O) groups is 3. The Labute approximate surface area is 215 Å². The number of Topliss-reactive ketones (excluding diaryl/α,β-unsaturated/α-hetero) is 2. The standard InChI is InChI=1S/C27H35N3O7/c1-26(2,3)11-29-10-13-8-16(30(4)5)15-7-12-6-14-9-17(31)20(25(28)36)24(35)27(14,37)23(34)18(12)22(33)19(15)21(13)32/h8,12,14,29,31-32,34,37H,6-7,9-11H2,1-5H3,(H2,28,36)/t12-,14+,27+/m1/s1. The number of aromatic hydroxyl groups is 1. The fourth-order valence-corrected chi connectivity index (χ4v) is 5.83. The van der Waals surface area contributed by atoms with Crippen LogP contribution in [0, 0.1) is 17.3 Å². The molecule has 0 aromatic heterocycles. The van der Waals surface area contributed by atoms with E-state index in [1.165, 1.54) is 0 Å². The molecule has 10 nitrogen and oxygen atoms in total. The molecule has 4 rings (SSSR count). The number of amides is 1. The van der Waals surface area contributed by atoms with Gasteiger partial charge in [-0.15, -0.1) is 0 Å². The molecule has 0 radical (unpaired) electrons. The Hall–Kier alpha value is -3.37. The maximum absolute atomic E-state index is 13.9. The molecule has 0 heterocycles. The minimum absolute atomic E-state index is 0.00110. The monoisotopic (exact) mass is 513 g/mol. The third-order valence-electron chi connectivity index (χ3n) is 7.57. The van der Waals surface area contributed by atoms with Gasteiger partial charge in [0.2, 0.25) is 5.78 Å². The van der Waals surface area contributed by atoms with Crippen LogP contribution in [0.25, 0.3) is 0 Å². The van der Waals surface area contributed by atoms with Crippen LogP contribution in [0.4, 0.5) is 5.69 Å². The predicted molar refractivity (Wildman–Crippen MR) is 136 cm³/mol. The minimum Gasteiger partial charge on any atom is -0.511 e. The molecule has 0 bridgehead atoms. The van der Waals surface area contributed by atoms with Crippen molar-refractivity contribution in [3.8, 4) is 5.75 Å². The van der Waals surface area contributed by atoms with Gasteiger partial charge in [0.25, 0.3) is 5.91 Å². The van der Waals surface area contributed by atoms with Gasteiger partial charge in [0.05, 0.1) is 5.56 Å². The zero-order valence-electron chi connectivity index (χ0n) is 21.8. The van der Waals surface area contributed by atoms with E-state index in [9.17, 15) is 34.8 Å². The topological polar surface area (TPSA) is 173 Å². The Morgan fingerprint density at radius 2 is 1.84 bits per heavy atom. The van der Waals surface area contributed by atoms with Gasteiger partial charge in [-0.25, -0.2) is 0 Å². The summed E-state index contributed by atoms with van der Waals surface area (Å²) >= 11 is 0. The Morgan fingerprint density at radius 1 is 1.19 bits per heavy atom. The van der Waals surface area contributed by atoms with E-state index in [2.05, 4.69) is 26.1 Å². The summed E-state index contributed by atoms with van der Waals surface area (Å²) in [4.78, 5) is 40.6. The van der Waals surface area contributed by atoms with Gasteiger partial charge in [-0.3, -0.25) is 14.4 Å². The number of primary amides is 1. The molecule has 0 spiro atoms. The number of hydrogen-bond donors (Lipinski definition) is 6. The first-order valence-electron chi connectivity index (χ1n) is 12.3. The molecule has 3 atom stereocenters. The Balaban J connectivity index is 1.84. The number of benzene rings is 1. The average Bonchev–Trinajstić information content (AvgIpc) is 2.76. The number of aliphatic hydroxyl groups is 3. The van der Waals surface area contributed by atoms with Crippen molar-refractivity contribution < 1.29 is 34.8 Å². The summed E-state index contributed by atoms with van der Waals surface area (Å²) in [5.41, 5.74) is 3.62. The Morgan fingerprint density at radius 3 is 2.41 bits per heavy atom. The van der Waals surface area contributed by atoms with Gasteiger partial charge in [-0.05, 0) is 35.8 Å². The van der Waals surface area contributed by atoms with E-state index >= 15 is 0 Å². The second-order valence-corrected chi connectivity index (χ2v) is 11.7. The molecule has 200 valence electrons. The second-order valence-electron chi connectivity index (χ2n) is 11.7. The first kappa shape index (κ1) is 26.7. The van der Waals surface area contributed by atoms with Gasteiger partial charge < -0.3 is 36.4 Å². The highest BCUT2D eigenvalue weighted by atomic mass is 16.3. The summed E-state index contributed by atoms with van der Waals surface area (Å²) < 4.78 is 0. The van der Waals surface area contributed by atoms with Gasteiger partial charge in [-0.1, -0.05) is 20.8 Å². The highest BCUT2D eigenvalue weighted by Crippen LogP contribution is 2.52. The van der Waals surface area contributed by atoms with E-state index in [1.54, 1.807) is 0 Å². The zero-order valence-corrected chi connectivity index (χ0v) is 21.8. The van der Waals surface area contributed by atoms with E-state index in [0.717, 1.165) is 5.69 Å². The fraction of sp³-hybridized carbons (Fsp3) is 0.519. The van der Waals surface area contributed by atoms with Crippen molar-refractivity contribution in [1.82, 2.24) is 5.32 Å². The summed E-state index contributed by atoms with van der Waals surface area (Å²) in [6, 6.07) is 1.84. The highest BCUT2D eigenvalue weighted by molar-refractivity contribution is 6.24. The van der Waals surface area contributed by atoms with Crippen LogP contribution in [-0.4, -0.2) is 64.1 Å². The van der Waals surface area contributed by atoms with Gasteiger partial charge in [0.1, 0.15) is 22.8 Å². The van der Waals surface area contributed by atoms with Crippen molar-refractivity contribution in [3.05, 3.63) is 45.4 Å². The van der Waals surface area contributed by atoms with Crippen molar-refractivity contribution in [2.45, 2.75) is 52.2 Å². The number of ketones is 2. The number of rotatable bonds is 5. The van der Waals surface area contributed by atoms with E-state index in [0.29, 0.717) is 24.2 Å². The number of anilines is 1. The molecule has 37 heavy (non-hydrogen) atoms. The largest absolute Gasteiger partial charge is 0.511 e. The lowest BCUT2D eigenvalue weighted by Gasteiger charge is -2.46. The van der Waals surface area contributed by atoms with Crippen LogP contribution in [0.5, 0.6) is 5.75 Å². The molecular formula is C27H35N3O7. The van der Waals surface area contributed by atoms with Crippen LogP contribution in [0.3, 0.4) is 0 Å². The number of allylic oxidation sites excluding steroid dienone is 2. The number of nitrogens with one attached hydrogen (secondary N) is 1. The second kappa shape index (κ2) is 8.88. The average molecular weight is 514 g/mol. The van der Waals surface area contributed by atoms with E-state index in [-0.39, 0.29) is 41.6 Å². The molecule has 1 amide bonds. The number of carbonyl (C=O) groups excluding carboxylic acids is 3. The van der Waals surface area contributed by atoms with Crippen LogP contribution < -0.4 is 16.0 Å². The first-order chi connectivity index (χ1) is 17.1. The molecule has 3 aliphatic carbocycles. The maximum atomic E-state index is 13.9. The fourth-order valence-electron chi connectivity index (χ4n) is 5.83. The minimum atomic E-state index is -2.57. The third-order valence-corrected chi connectivity index (χ3v) is 7.57. The summed E-state index contributed by atoms with van der Waals surface area (Å²) in [7, 11) is 3.67.